The smallest absolute Gasteiger partial charge is 0.137 e. The van der Waals surface area contributed by atoms with Gasteiger partial charge in [-0.3, -0.25) is 4.40 Å². The highest BCUT2D eigenvalue weighted by Crippen LogP contribution is 2.26. The van der Waals surface area contributed by atoms with Crippen molar-refractivity contribution in [1.82, 2.24) is 19.0 Å². The third-order valence-corrected chi connectivity index (χ3v) is 4.40. The van der Waals surface area contributed by atoms with Crippen molar-refractivity contribution in [1.29, 1.82) is 0 Å². The molecule has 4 rings (SSSR count). The second kappa shape index (κ2) is 5.23. The molecule has 4 nitrogen and oxygen atoms in total. The van der Waals surface area contributed by atoms with Crippen molar-refractivity contribution >= 4 is 11.2 Å². The molecule has 0 unspecified atom stereocenters. The standard InChI is InChI=1S/C19H20N4/c1-4-14-7-9-22-18(12-20-19(22)10-14)16-11-17-15(13(2)3)6-5-8-23(17)21-16/h5-13H,4H2,1-3H3. The normalized spacial score (nSPS) is 11.8. The predicted molar refractivity (Wildman–Crippen MR) is 92.8 cm³/mol. The summed E-state index contributed by atoms with van der Waals surface area (Å²) in [6.45, 7) is 6.58. The number of pyridine rings is 2. The second-order valence-electron chi connectivity index (χ2n) is 6.24. The molecule has 0 aromatic carbocycles. The van der Waals surface area contributed by atoms with Crippen LogP contribution in [0.2, 0.25) is 0 Å². The lowest BCUT2D eigenvalue weighted by atomic mass is 10.0. The van der Waals surface area contributed by atoms with E-state index in [9.17, 15) is 0 Å². The van der Waals surface area contributed by atoms with Gasteiger partial charge >= 0.3 is 0 Å². The van der Waals surface area contributed by atoms with E-state index in [2.05, 4.69) is 66.7 Å². The lowest BCUT2D eigenvalue weighted by Gasteiger charge is -2.06. The van der Waals surface area contributed by atoms with Gasteiger partial charge in [0.05, 0.1) is 17.4 Å². The minimum absolute atomic E-state index is 0.470. The zero-order valence-electron chi connectivity index (χ0n) is 13.7. The van der Waals surface area contributed by atoms with Gasteiger partial charge < -0.3 is 0 Å². The van der Waals surface area contributed by atoms with Gasteiger partial charge in [0.2, 0.25) is 0 Å². The van der Waals surface area contributed by atoms with Crippen LogP contribution in [0.1, 0.15) is 37.8 Å². The fourth-order valence-electron chi connectivity index (χ4n) is 3.08. The first-order valence-electron chi connectivity index (χ1n) is 8.12. The molecule has 0 aliphatic rings. The number of hydrogen-bond donors (Lipinski definition) is 0. The van der Waals surface area contributed by atoms with Crippen LogP contribution >= 0.6 is 0 Å². The number of nitrogens with zero attached hydrogens (tertiary/aromatic N) is 4. The maximum atomic E-state index is 4.75. The molecule has 0 aliphatic heterocycles. The van der Waals surface area contributed by atoms with Crippen molar-refractivity contribution < 1.29 is 0 Å². The molecule has 4 aromatic heterocycles. The summed E-state index contributed by atoms with van der Waals surface area (Å²) in [4.78, 5) is 4.55. The fourth-order valence-corrected chi connectivity index (χ4v) is 3.08. The maximum Gasteiger partial charge on any atom is 0.137 e. The zero-order valence-corrected chi connectivity index (χ0v) is 13.7. The molecule has 0 fully saturated rings. The molecule has 4 aromatic rings. The van der Waals surface area contributed by atoms with Crippen molar-refractivity contribution in [3.05, 3.63) is 60.0 Å². The largest absolute Gasteiger partial charge is 0.298 e. The average molecular weight is 304 g/mol. The fraction of sp³-hybridized carbons (Fsp3) is 0.263. The van der Waals surface area contributed by atoms with Gasteiger partial charge in [-0.2, -0.15) is 5.10 Å². The summed E-state index contributed by atoms with van der Waals surface area (Å²) in [7, 11) is 0. The van der Waals surface area contributed by atoms with Crippen LogP contribution in [-0.2, 0) is 6.42 Å². The third kappa shape index (κ3) is 2.22. The molecular weight excluding hydrogens is 284 g/mol. The lowest BCUT2D eigenvalue weighted by molar-refractivity contribution is 0.854. The van der Waals surface area contributed by atoms with Crippen LogP contribution in [0.5, 0.6) is 0 Å². The number of imidazole rings is 1. The zero-order chi connectivity index (χ0) is 16.0. The lowest BCUT2D eigenvalue weighted by Crippen LogP contribution is -1.94. The Hall–Kier alpha value is -2.62. The minimum atomic E-state index is 0.470. The molecule has 0 amide bonds. The van der Waals surface area contributed by atoms with Gasteiger partial charge in [0, 0.05) is 12.4 Å². The monoisotopic (exact) mass is 304 g/mol. The van der Waals surface area contributed by atoms with E-state index in [1.807, 2.05) is 16.9 Å². The number of hydrogen-bond acceptors (Lipinski definition) is 2. The number of fused-ring (bicyclic) bond motifs is 2. The van der Waals surface area contributed by atoms with Gasteiger partial charge in [-0.1, -0.05) is 26.8 Å². The Morgan fingerprint density at radius 1 is 1.13 bits per heavy atom. The van der Waals surface area contributed by atoms with Gasteiger partial charge in [-0.05, 0) is 47.7 Å². The molecule has 0 radical (unpaired) electrons. The molecule has 0 atom stereocenters. The number of aromatic nitrogens is 4. The van der Waals surface area contributed by atoms with E-state index in [-0.39, 0.29) is 0 Å². The summed E-state index contributed by atoms with van der Waals surface area (Å²) in [5, 5.41) is 4.75. The second-order valence-corrected chi connectivity index (χ2v) is 6.24. The average Bonchev–Trinajstić information content (AvgIpc) is 3.16. The van der Waals surface area contributed by atoms with Gasteiger partial charge in [0.1, 0.15) is 11.3 Å². The molecule has 0 spiro atoms. The topological polar surface area (TPSA) is 34.6 Å². The maximum absolute atomic E-state index is 4.75. The van der Waals surface area contributed by atoms with Crippen molar-refractivity contribution in [3.8, 4) is 11.4 Å². The summed E-state index contributed by atoms with van der Waals surface area (Å²) in [5.41, 5.74) is 6.73. The Labute approximate surface area is 135 Å². The van der Waals surface area contributed by atoms with Crippen molar-refractivity contribution in [2.45, 2.75) is 33.1 Å². The first kappa shape index (κ1) is 14.0. The predicted octanol–water partition coefficient (Wildman–Crippen LogP) is 4.33. The van der Waals surface area contributed by atoms with Crippen LogP contribution < -0.4 is 0 Å². The number of rotatable bonds is 3. The Morgan fingerprint density at radius 3 is 2.78 bits per heavy atom. The Kier molecular flexibility index (Phi) is 3.18. The summed E-state index contributed by atoms with van der Waals surface area (Å²) >= 11 is 0. The molecule has 0 saturated carbocycles. The van der Waals surface area contributed by atoms with Crippen LogP contribution in [0.25, 0.3) is 22.6 Å². The van der Waals surface area contributed by atoms with Crippen LogP contribution in [-0.4, -0.2) is 19.0 Å². The summed E-state index contributed by atoms with van der Waals surface area (Å²) in [6.07, 6.45) is 7.02. The molecule has 4 heteroatoms. The van der Waals surface area contributed by atoms with Gasteiger partial charge in [0.15, 0.2) is 0 Å². The molecular formula is C19H20N4. The van der Waals surface area contributed by atoms with E-state index in [1.54, 1.807) is 0 Å². The Morgan fingerprint density at radius 2 is 2.00 bits per heavy atom. The summed E-state index contributed by atoms with van der Waals surface area (Å²) < 4.78 is 4.07. The van der Waals surface area contributed by atoms with Crippen LogP contribution in [0, 0.1) is 0 Å². The third-order valence-electron chi connectivity index (χ3n) is 4.40. The Balaban J connectivity index is 1.91. The molecule has 0 saturated heterocycles. The van der Waals surface area contributed by atoms with E-state index in [4.69, 9.17) is 5.10 Å². The van der Waals surface area contributed by atoms with Crippen molar-refractivity contribution in [3.63, 3.8) is 0 Å². The van der Waals surface area contributed by atoms with Crippen LogP contribution in [0.15, 0.2) is 48.9 Å². The first-order chi connectivity index (χ1) is 11.2. The highest BCUT2D eigenvalue weighted by Gasteiger charge is 2.13. The highest BCUT2D eigenvalue weighted by atomic mass is 15.2. The van der Waals surface area contributed by atoms with E-state index in [1.165, 1.54) is 11.1 Å². The quantitative estimate of drug-likeness (QED) is 0.564. The molecule has 0 N–H and O–H groups in total. The van der Waals surface area contributed by atoms with E-state index in [0.29, 0.717) is 5.92 Å². The summed E-state index contributed by atoms with van der Waals surface area (Å²) in [6, 6.07) is 10.7. The van der Waals surface area contributed by atoms with Gasteiger partial charge in [-0.25, -0.2) is 9.50 Å². The molecule has 0 bridgehead atoms. The molecule has 116 valence electrons. The van der Waals surface area contributed by atoms with E-state index >= 15 is 0 Å². The summed E-state index contributed by atoms with van der Waals surface area (Å²) in [5.74, 6) is 0.470. The molecule has 0 aliphatic carbocycles. The van der Waals surface area contributed by atoms with E-state index in [0.717, 1.165) is 29.0 Å². The van der Waals surface area contributed by atoms with Gasteiger partial charge in [-0.15, -0.1) is 0 Å². The van der Waals surface area contributed by atoms with E-state index < -0.39 is 0 Å². The Bertz CT molecular complexity index is 991. The molecule has 23 heavy (non-hydrogen) atoms. The highest BCUT2D eigenvalue weighted by molar-refractivity contribution is 5.68. The van der Waals surface area contributed by atoms with Crippen molar-refractivity contribution in [2.24, 2.45) is 0 Å². The van der Waals surface area contributed by atoms with Crippen molar-refractivity contribution in [2.75, 3.05) is 0 Å². The first-order valence-corrected chi connectivity index (χ1v) is 8.12. The van der Waals surface area contributed by atoms with Crippen LogP contribution in [0.3, 0.4) is 0 Å². The molecule has 4 heterocycles. The van der Waals surface area contributed by atoms with Gasteiger partial charge in [0.25, 0.3) is 0 Å². The number of aryl methyl sites for hydroxylation is 1. The minimum Gasteiger partial charge on any atom is -0.298 e. The SMILES string of the molecule is CCc1ccn2c(-c3cc4c(C(C)C)cccn4n3)cnc2c1. The van der Waals surface area contributed by atoms with Crippen LogP contribution in [0.4, 0.5) is 0 Å².